The van der Waals surface area contributed by atoms with Gasteiger partial charge in [-0.3, -0.25) is 0 Å². The second-order valence-corrected chi connectivity index (χ2v) is 12.8. The van der Waals surface area contributed by atoms with Crippen LogP contribution in [0.1, 0.15) is 0 Å². The molecular formula is C48H30O. The molecule has 0 unspecified atom stereocenters. The monoisotopic (exact) mass is 622 g/mol. The van der Waals surface area contributed by atoms with Crippen molar-refractivity contribution in [2.75, 3.05) is 0 Å². The van der Waals surface area contributed by atoms with Crippen molar-refractivity contribution in [1.29, 1.82) is 0 Å². The summed E-state index contributed by atoms with van der Waals surface area (Å²) in [6.45, 7) is 0. The molecule has 10 rings (SSSR count). The molecule has 1 aromatic heterocycles. The van der Waals surface area contributed by atoms with Crippen LogP contribution in [0.3, 0.4) is 0 Å². The summed E-state index contributed by atoms with van der Waals surface area (Å²) in [5.74, 6) is 0. The van der Waals surface area contributed by atoms with Gasteiger partial charge in [0.25, 0.3) is 0 Å². The van der Waals surface area contributed by atoms with Gasteiger partial charge < -0.3 is 4.42 Å². The summed E-state index contributed by atoms with van der Waals surface area (Å²) >= 11 is 0. The molecule has 9 aromatic carbocycles. The zero-order valence-electron chi connectivity index (χ0n) is 26.7. The van der Waals surface area contributed by atoms with Crippen LogP contribution in [0.5, 0.6) is 0 Å². The molecule has 0 bridgehead atoms. The van der Waals surface area contributed by atoms with Gasteiger partial charge in [-0.1, -0.05) is 158 Å². The average Bonchev–Trinajstić information content (AvgIpc) is 3.55. The minimum absolute atomic E-state index is 0.898. The number of rotatable bonds is 4. The Balaban J connectivity index is 1.24. The first-order valence-electron chi connectivity index (χ1n) is 16.8. The van der Waals surface area contributed by atoms with Crippen LogP contribution >= 0.6 is 0 Å². The number of hydrogen-bond donors (Lipinski definition) is 0. The first kappa shape index (κ1) is 27.7. The molecule has 0 aliphatic rings. The Bertz CT molecular complexity index is 2810. The lowest BCUT2D eigenvalue weighted by Crippen LogP contribution is -1.91. The molecule has 0 fully saturated rings. The van der Waals surface area contributed by atoms with Crippen LogP contribution in [0.25, 0.3) is 98.8 Å². The van der Waals surface area contributed by atoms with E-state index in [1.807, 2.05) is 0 Å². The van der Waals surface area contributed by atoms with Crippen LogP contribution in [0, 0.1) is 0 Å². The fourth-order valence-corrected chi connectivity index (χ4v) is 7.90. The molecule has 0 aliphatic heterocycles. The highest BCUT2D eigenvalue weighted by Crippen LogP contribution is 2.46. The van der Waals surface area contributed by atoms with E-state index in [4.69, 9.17) is 4.42 Å². The largest absolute Gasteiger partial charge is 0.456 e. The maximum absolute atomic E-state index is 6.52. The van der Waals surface area contributed by atoms with Crippen molar-refractivity contribution in [3.63, 3.8) is 0 Å². The highest BCUT2D eigenvalue weighted by molar-refractivity contribution is 6.23. The second-order valence-electron chi connectivity index (χ2n) is 12.8. The molecule has 0 radical (unpaired) electrons. The zero-order chi connectivity index (χ0) is 32.3. The van der Waals surface area contributed by atoms with E-state index in [1.54, 1.807) is 0 Å². The van der Waals surface area contributed by atoms with Crippen LogP contribution in [0.4, 0.5) is 0 Å². The molecule has 0 saturated heterocycles. The Morgan fingerprint density at radius 2 is 0.816 bits per heavy atom. The van der Waals surface area contributed by atoms with Crippen LogP contribution in [0.15, 0.2) is 186 Å². The molecule has 10 aromatic rings. The van der Waals surface area contributed by atoms with Crippen molar-refractivity contribution in [2.45, 2.75) is 0 Å². The molecule has 0 N–H and O–H groups in total. The first-order valence-corrected chi connectivity index (χ1v) is 16.8. The van der Waals surface area contributed by atoms with Gasteiger partial charge in [-0.05, 0) is 101 Å². The Kier molecular flexibility index (Phi) is 6.25. The normalized spacial score (nSPS) is 11.7. The molecule has 0 amide bonds. The van der Waals surface area contributed by atoms with E-state index in [9.17, 15) is 0 Å². The maximum atomic E-state index is 6.52. The second kappa shape index (κ2) is 11.1. The number of benzene rings is 9. The van der Waals surface area contributed by atoms with Gasteiger partial charge in [0.15, 0.2) is 0 Å². The van der Waals surface area contributed by atoms with Crippen molar-refractivity contribution < 1.29 is 4.42 Å². The van der Waals surface area contributed by atoms with Gasteiger partial charge in [-0.15, -0.1) is 0 Å². The van der Waals surface area contributed by atoms with E-state index in [1.165, 1.54) is 76.8 Å². The van der Waals surface area contributed by atoms with E-state index in [0.29, 0.717) is 0 Å². The molecular weight excluding hydrogens is 593 g/mol. The van der Waals surface area contributed by atoms with Gasteiger partial charge >= 0.3 is 0 Å². The third-order valence-corrected chi connectivity index (χ3v) is 10.1. The minimum Gasteiger partial charge on any atom is -0.456 e. The van der Waals surface area contributed by atoms with Gasteiger partial charge in [0.1, 0.15) is 11.2 Å². The van der Waals surface area contributed by atoms with Crippen molar-refractivity contribution in [2.24, 2.45) is 0 Å². The van der Waals surface area contributed by atoms with Crippen LogP contribution in [0.2, 0.25) is 0 Å². The van der Waals surface area contributed by atoms with Crippen molar-refractivity contribution in [3.05, 3.63) is 182 Å². The van der Waals surface area contributed by atoms with Gasteiger partial charge in [0.05, 0.1) is 0 Å². The van der Waals surface area contributed by atoms with Crippen molar-refractivity contribution in [3.8, 4) is 44.5 Å². The smallest absolute Gasteiger partial charge is 0.136 e. The van der Waals surface area contributed by atoms with Crippen molar-refractivity contribution >= 4 is 54.3 Å². The fourth-order valence-electron chi connectivity index (χ4n) is 7.90. The summed E-state index contributed by atoms with van der Waals surface area (Å²) in [6.07, 6.45) is 0. The highest BCUT2D eigenvalue weighted by Gasteiger charge is 2.19. The SMILES string of the molecule is c1ccc(-c2cccc(-c3c4ccccc4c(-c4ccc5oc6cccc(-c7cccc8ccccc78)c6c5c4)c4ccccc34)c2)cc1. The summed E-state index contributed by atoms with van der Waals surface area (Å²) in [5, 5.41) is 9.72. The molecule has 1 nitrogen and oxygen atoms in total. The molecule has 0 atom stereocenters. The fraction of sp³-hybridized carbons (Fsp3) is 0. The highest BCUT2D eigenvalue weighted by atomic mass is 16.3. The summed E-state index contributed by atoms with van der Waals surface area (Å²) in [4.78, 5) is 0. The summed E-state index contributed by atoms with van der Waals surface area (Å²) in [6, 6.07) is 65.7. The lowest BCUT2D eigenvalue weighted by molar-refractivity contribution is 0.669. The number of hydrogen-bond acceptors (Lipinski definition) is 1. The first-order chi connectivity index (χ1) is 24.3. The number of fused-ring (bicyclic) bond motifs is 6. The van der Waals surface area contributed by atoms with E-state index >= 15 is 0 Å². The third-order valence-electron chi connectivity index (χ3n) is 10.1. The molecule has 0 spiro atoms. The predicted molar refractivity (Wildman–Crippen MR) is 208 cm³/mol. The van der Waals surface area contributed by atoms with Crippen LogP contribution < -0.4 is 0 Å². The van der Waals surface area contributed by atoms with Gasteiger partial charge in [-0.25, -0.2) is 0 Å². The average molecular weight is 623 g/mol. The predicted octanol–water partition coefficient (Wildman–Crippen LogP) is 13.7. The molecule has 228 valence electrons. The third kappa shape index (κ3) is 4.40. The Morgan fingerprint density at radius 3 is 1.55 bits per heavy atom. The van der Waals surface area contributed by atoms with Crippen molar-refractivity contribution in [1.82, 2.24) is 0 Å². The summed E-state index contributed by atoms with van der Waals surface area (Å²) in [7, 11) is 0. The van der Waals surface area contributed by atoms with Gasteiger partial charge in [0, 0.05) is 10.8 Å². The lowest BCUT2D eigenvalue weighted by atomic mass is 9.85. The molecule has 1 heteroatoms. The summed E-state index contributed by atoms with van der Waals surface area (Å²) < 4.78 is 6.52. The molecule has 49 heavy (non-hydrogen) atoms. The maximum Gasteiger partial charge on any atom is 0.136 e. The quantitative estimate of drug-likeness (QED) is 0.178. The topological polar surface area (TPSA) is 13.1 Å². The standard InChI is InChI=1S/C48H30O/c1-2-13-31(14-3-1)33-17-10-18-34(29-33)46-39-20-6-8-22-41(39)47(42-23-9-7-21-40(42)46)35-27-28-44-43(30-35)48-38(25-12-26-45(48)49-44)37-24-11-16-32-15-4-5-19-36(32)37/h1-30H. The van der Waals surface area contributed by atoms with Gasteiger partial charge in [0.2, 0.25) is 0 Å². The zero-order valence-corrected chi connectivity index (χ0v) is 26.7. The molecule has 0 saturated carbocycles. The van der Waals surface area contributed by atoms with E-state index < -0.39 is 0 Å². The van der Waals surface area contributed by atoms with E-state index in [0.717, 1.165) is 21.9 Å². The van der Waals surface area contributed by atoms with Crippen LogP contribution in [-0.2, 0) is 0 Å². The van der Waals surface area contributed by atoms with E-state index in [2.05, 4.69) is 182 Å². The van der Waals surface area contributed by atoms with Crippen LogP contribution in [-0.4, -0.2) is 0 Å². The Hall–Kier alpha value is -6.44. The lowest BCUT2D eigenvalue weighted by Gasteiger charge is -2.18. The van der Waals surface area contributed by atoms with E-state index in [-0.39, 0.29) is 0 Å². The Morgan fingerprint density at radius 1 is 0.286 bits per heavy atom. The van der Waals surface area contributed by atoms with Gasteiger partial charge in [-0.2, -0.15) is 0 Å². The number of furan rings is 1. The minimum atomic E-state index is 0.898. The molecule has 1 heterocycles. The Labute approximate surface area is 284 Å². The molecule has 0 aliphatic carbocycles. The summed E-state index contributed by atoms with van der Waals surface area (Å²) in [5.41, 5.74) is 11.6.